The molecule has 0 radical (unpaired) electrons. The predicted molar refractivity (Wildman–Crippen MR) is 103 cm³/mol. The molecular formula is C22H19FN2O4. The van der Waals surface area contributed by atoms with Crippen molar-refractivity contribution in [1.29, 1.82) is 5.26 Å². The van der Waals surface area contributed by atoms with Crippen molar-refractivity contribution >= 4 is 5.91 Å². The van der Waals surface area contributed by atoms with Gasteiger partial charge in [0.05, 0.1) is 17.7 Å². The third-order valence-corrected chi connectivity index (χ3v) is 3.94. The van der Waals surface area contributed by atoms with Crippen molar-refractivity contribution in [1.82, 2.24) is 5.32 Å². The Morgan fingerprint density at radius 2 is 1.72 bits per heavy atom. The largest absolute Gasteiger partial charge is 0.491 e. The summed E-state index contributed by atoms with van der Waals surface area (Å²) >= 11 is 0. The van der Waals surface area contributed by atoms with E-state index in [0.717, 1.165) is 0 Å². The summed E-state index contributed by atoms with van der Waals surface area (Å²) in [7, 11) is 0. The minimum absolute atomic E-state index is 0.155. The van der Waals surface area contributed by atoms with E-state index in [0.29, 0.717) is 22.8 Å². The number of nitrogens with zero attached hydrogens (tertiary/aromatic N) is 1. The smallest absolute Gasteiger partial charge is 0.287 e. The van der Waals surface area contributed by atoms with Crippen molar-refractivity contribution in [2.45, 2.75) is 19.6 Å². The summed E-state index contributed by atoms with van der Waals surface area (Å²) in [6.45, 7) is 2.18. The van der Waals surface area contributed by atoms with Gasteiger partial charge in [-0.15, -0.1) is 0 Å². The highest BCUT2D eigenvalue weighted by Crippen LogP contribution is 2.16. The molecule has 1 unspecified atom stereocenters. The molecule has 1 atom stereocenters. The Morgan fingerprint density at radius 1 is 1.07 bits per heavy atom. The highest BCUT2D eigenvalue weighted by atomic mass is 19.1. The summed E-state index contributed by atoms with van der Waals surface area (Å²) < 4.78 is 29.5. The van der Waals surface area contributed by atoms with Crippen molar-refractivity contribution < 1.29 is 23.1 Å². The molecule has 1 aromatic heterocycles. The van der Waals surface area contributed by atoms with Crippen LogP contribution in [-0.4, -0.2) is 18.6 Å². The first-order valence-electron chi connectivity index (χ1n) is 8.94. The summed E-state index contributed by atoms with van der Waals surface area (Å²) in [6, 6.07) is 17.4. The van der Waals surface area contributed by atoms with E-state index >= 15 is 0 Å². The SMILES string of the molecule is CC(COc1ccc(F)cc1)NC(=O)c1ccc(COc2ccc(C#N)cc2)o1. The van der Waals surface area contributed by atoms with Crippen LogP contribution in [0.5, 0.6) is 11.5 Å². The van der Waals surface area contributed by atoms with Gasteiger partial charge in [0, 0.05) is 0 Å². The fourth-order valence-corrected chi connectivity index (χ4v) is 2.45. The molecule has 0 aliphatic rings. The number of amides is 1. The van der Waals surface area contributed by atoms with E-state index in [2.05, 4.69) is 5.32 Å². The highest BCUT2D eigenvalue weighted by molar-refractivity contribution is 5.91. The number of nitriles is 1. The average Bonchev–Trinajstić information content (AvgIpc) is 3.21. The summed E-state index contributed by atoms with van der Waals surface area (Å²) in [6.07, 6.45) is 0. The molecule has 0 aliphatic heterocycles. The Balaban J connectivity index is 1.46. The maximum absolute atomic E-state index is 12.9. The van der Waals surface area contributed by atoms with E-state index in [9.17, 15) is 9.18 Å². The molecule has 0 saturated heterocycles. The van der Waals surface area contributed by atoms with Gasteiger partial charge in [-0.05, 0) is 67.6 Å². The van der Waals surface area contributed by atoms with E-state index in [1.807, 2.05) is 6.07 Å². The van der Waals surface area contributed by atoms with E-state index < -0.39 is 0 Å². The van der Waals surface area contributed by atoms with Gasteiger partial charge in [-0.3, -0.25) is 4.79 Å². The maximum atomic E-state index is 12.9. The molecule has 3 rings (SSSR count). The van der Waals surface area contributed by atoms with Crippen LogP contribution >= 0.6 is 0 Å². The zero-order chi connectivity index (χ0) is 20.6. The molecule has 0 spiro atoms. The fraction of sp³-hybridized carbons (Fsp3) is 0.182. The van der Waals surface area contributed by atoms with Crippen molar-refractivity contribution in [3.63, 3.8) is 0 Å². The molecule has 6 nitrogen and oxygen atoms in total. The van der Waals surface area contributed by atoms with Crippen LogP contribution in [0.2, 0.25) is 0 Å². The number of nitrogens with one attached hydrogen (secondary N) is 1. The Kier molecular flexibility index (Phi) is 6.48. The predicted octanol–water partition coefficient (Wildman–Crippen LogP) is 4.07. The zero-order valence-electron chi connectivity index (χ0n) is 15.7. The number of furan rings is 1. The van der Waals surface area contributed by atoms with E-state index in [1.54, 1.807) is 43.3 Å². The minimum atomic E-state index is -0.371. The first-order chi connectivity index (χ1) is 14.0. The van der Waals surface area contributed by atoms with Gasteiger partial charge in [-0.25, -0.2) is 4.39 Å². The molecule has 29 heavy (non-hydrogen) atoms. The standard InChI is InChI=1S/C22H19FN2O4/c1-15(13-27-19-8-4-17(23)5-9-19)25-22(26)21-11-10-20(29-21)14-28-18-6-2-16(12-24)3-7-18/h2-11,15H,13-14H2,1H3,(H,25,26). The number of hydrogen-bond donors (Lipinski definition) is 1. The van der Waals surface area contributed by atoms with Crippen LogP contribution in [0.1, 0.15) is 28.8 Å². The second-order valence-corrected chi connectivity index (χ2v) is 6.33. The van der Waals surface area contributed by atoms with Crippen LogP contribution in [0.25, 0.3) is 0 Å². The van der Waals surface area contributed by atoms with Gasteiger partial charge in [0.15, 0.2) is 5.76 Å². The average molecular weight is 394 g/mol. The molecular weight excluding hydrogens is 375 g/mol. The number of carbonyl (C=O) groups excluding carboxylic acids is 1. The number of benzene rings is 2. The summed E-state index contributed by atoms with van der Waals surface area (Å²) in [5, 5.41) is 11.6. The molecule has 7 heteroatoms. The second kappa shape index (κ2) is 9.42. The first-order valence-corrected chi connectivity index (χ1v) is 8.94. The van der Waals surface area contributed by atoms with E-state index in [-0.39, 0.29) is 36.7 Å². The van der Waals surface area contributed by atoms with Crippen LogP contribution in [0.3, 0.4) is 0 Å². The highest BCUT2D eigenvalue weighted by Gasteiger charge is 2.15. The van der Waals surface area contributed by atoms with E-state index in [1.165, 1.54) is 24.3 Å². The van der Waals surface area contributed by atoms with Gasteiger partial charge in [-0.2, -0.15) is 5.26 Å². The molecule has 0 fully saturated rings. The topological polar surface area (TPSA) is 84.5 Å². The maximum Gasteiger partial charge on any atom is 0.287 e. The molecule has 1 amide bonds. The van der Waals surface area contributed by atoms with Crippen LogP contribution in [0, 0.1) is 17.1 Å². The van der Waals surface area contributed by atoms with Crippen molar-refractivity contribution in [2.75, 3.05) is 6.61 Å². The summed E-state index contributed by atoms with van der Waals surface area (Å²) in [5.41, 5.74) is 0.548. The summed E-state index contributed by atoms with van der Waals surface area (Å²) in [5.74, 6) is 1.07. The summed E-state index contributed by atoms with van der Waals surface area (Å²) in [4.78, 5) is 12.3. The molecule has 0 saturated carbocycles. The Bertz CT molecular complexity index is 991. The van der Waals surface area contributed by atoms with Gasteiger partial charge < -0.3 is 19.2 Å². The first kappa shape index (κ1) is 20.0. The molecule has 0 aliphatic carbocycles. The van der Waals surface area contributed by atoms with Gasteiger partial charge in [0.2, 0.25) is 0 Å². The Labute approximate surface area is 167 Å². The third kappa shape index (κ3) is 5.84. The molecule has 2 aromatic carbocycles. The van der Waals surface area contributed by atoms with Gasteiger partial charge >= 0.3 is 0 Å². The van der Waals surface area contributed by atoms with Gasteiger partial charge in [0.25, 0.3) is 5.91 Å². The Hall–Kier alpha value is -3.79. The number of rotatable bonds is 8. The van der Waals surface area contributed by atoms with Crippen LogP contribution in [-0.2, 0) is 6.61 Å². The minimum Gasteiger partial charge on any atom is -0.491 e. The lowest BCUT2D eigenvalue weighted by Crippen LogP contribution is -2.36. The number of carbonyl (C=O) groups is 1. The molecule has 1 heterocycles. The monoisotopic (exact) mass is 394 g/mol. The normalized spacial score (nSPS) is 11.3. The van der Waals surface area contributed by atoms with Crippen LogP contribution in [0.4, 0.5) is 4.39 Å². The lowest BCUT2D eigenvalue weighted by atomic mass is 10.2. The van der Waals surface area contributed by atoms with Crippen molar-refractivity contribution in [3.05, 3.63) is 83.6 Å². The van der Waals surface area contributed by atoms with Crippen molar-refractivity contribution in [2.24, 2.45) is 0 Å². The molecule has 0 bridgehead atoms. The fourth-order valence-electron chi connectivity index (χ4n) is 2.45. The second-order valence-electron chi connectivity index (χ2n) is 6.33. The number of halogens is 1. The lowest BCUT2D eigenvalue weighted by Gasteiger charge is -2.14. The molecule has 1 N–H and O–H groups in total. The van der Waals surface area contributed by atoms with Gasteiger partial charge in [0.1, 0.15) is 36.3 Å². The molecule has 148 valence electrons. The lowest BCUT2D eigenvalue weighted by molar-refractivity contribution is 0.0894. The molecule has 3 aromatic rings. The Morgan fingerprint density at radius 3 is 2.41 bits per heavy atom. The number of hydrogen-bond acceptors (Lipinski definition) is 5. The van der Waals surface area contributed by atoms with Crippen LogP contribution in [0.15, 0.2) is 65.1 Å². The van der Waals surface area contributed by atoms with Crippen LogP contribution < -0.4 is 14.8 Å². The zero-order valence-corrected chi connectivity index (χ0v) is 15.7. The third-order valence-electron chi connectivity index (χ3n) is 3.94. The quantitative estimate of drug-likeness (QED) is 0.623. The number of ether oxygens (including phenoxy) is 2. The van der Waals surface area contributed by atoms with Gasteiger partial charge in [-0.1, -0.05) is 0 Å². The van der Waals surface area contributed by atoms with Crippen molar-refractivity contribution in [3.8, 4) is 17.6 Å². The van der Waals surface area contributed by atoms with E-state index in [4.69, 9.17) is 19.2 Å².